The number of rotatable bonds is 7. The van der Waals surface area contributed by atoms with Gasteiger partial charge < -0.3 is 20.1 Å². The molecule has 3 aromatic rings. The van der Waals surface area contributed by atoms with Crippen molar-refractivity contribution >= 4 is 17.8 Å². The van der Waals surface area contributed by atoms with Crippen LogP contribution < -0.4 is 20.1 Å². The zero-order valence-corrected chi connectivity index (χ0v) is 18.4. The van der Waals surface area contributed by atoms with Gasteiger partial charge in [-0.1, -0.05) is 30.3 Å². The number of hydrogen-bond acceptors (Lipinski definition) is 6. The van der Waals surface area contributed by atoms with Gasteiger partial charge in [-0.2, -0.15) is 0 Å². The topological polar surface area (TPSA) is 103 Å². The van der Waals surface area contributed by atoms with Gasteiger partial charge in [0.1, 0.15) is 11.5 Å². The van der Waals surface area contributed by atoms with Gasteiger partial charge in [0.15, 0.2) is 0 Å². The van der Waals surface area contributed by atoms with Crippen molar-refractivity contribution in [1.29, 1.82) is 0 Å². The first-order valence-electron chi connectivity index (χ1n) is 10.7. The number of piperidine rings is 1. The van der Waals surface area contributed by atoms with Gasteiger partial charge >= 0.3 is 5.69 Å². The molecule has 1 amide bonds. The summed E-state index contributed by atoms with van der Waals surface area (Å²) in [4.78, 5) is 21.2. The minimum absolute atomic E-state index is 0.0893. The Hall–Kier alpha value is -3.91. The average molecular weight is 450 g/mol. The molecule has 0 saturated carbocycles. The first kappa shape index (κ1) is 23.7. The Bertz CT molecular complexity index is 1040. The molecule has 0 radical (unpaired) electrons. The van der Waals surface area contributed by atoms with Gasteiger partial charge in [0.25, 0.3) is 0 Å². The van der Waals surface area contributed by atoms with Crippen molar-refractivity contribution in [3.8, 4) is 17.2 Å². The Labute approximate surface area is 192 Å². The molecular weight excluding hydrogens is 422 g/mol. The number of nitro groups is 1. The summed E-state index contributed by atoms with van der Waals surface area (Å²) in [5, 5.41) is 17.0. The van der Waals surface area contributed by atoms with Gasteiger partial charge in [0.2, 0.25) is 12.2 Å². The number of methoxy groups -OCH3 is 1. The van der Waals surface area contributed by atoms with Gasteiger partial charge in [-0.05, 0) is 67.7 Å². The fourth-order valence-corrected chi connectivity index (χ4v) is 3.55. The molecule has 0 bridgehead atoms. The van der Waals surface area contributed by atoms with Crippen LogP contribution in [0.5, 0.6) is 17.2 Å². The largest absolute Gasteiger partial charge is 0.497 e. The van der Waals surface area contributed by atoms with E-state index in [1.165, 1.54) is 23.8 Å². The quantitative estimate of drug-likeness (QED) is 0.295. The van der Waals surface area contributed by atoms with Gasteiger partial charge in [-0.3, -0.25) is 14.9 Å². The number of hydrogen-bond donors (Lipinski definition) is 2. The first-order chi connectivity index (χ1) is 16.1. The number of anilines is 1. The number of nitrogens with one attached hydrogen (secondary N) is 2. The van der Waals surface area contributed by atoms with Crippen molar-refractivity contribution in [2.45, 2.75) is 18.8 Å². The Balaban J connectivity index is 0.000000323. The molecule has 172 valence electrons. The van der Waals surface area contributed by atoms with Crippen molar-refractivity contribution in [3.63, 3.8) is 0 Å². The summed E-state index contributed by atoms with van der Waals surface area (Å²) in [6, 6.07) is 21.5. The molecule has 4 rings (SSSR count). The smallest absolute Gasteiger partial charge is 0.311 e. The van der Waals surface area contributed by atoms with Crippen LogP contribution in [-0.2, 0) is 4.79 Å². The Morgan fingerprint density at radius 3 is 2.27 bits per heavy atom. The fourth-order valence-electron chi connectivity index (χ4n) is 3.55. The van der Waals surface area contributed by atoms with Crippen LogP contribution in [-0.4, -0.2) is 31.5 Å². The number of benzene rings is 3. The van der Waals surface area contributed by atoms with Crippen molar-refractivity contribution in [1.82, 2.24) is 5.32 Å². The zero-order chi connectivity index (χ0) is 23.5. The Kier molecular flexibility index (Phi) is 8.79. The molecule has 0 atom stereocenters. The second-order valence-electron chi connectivity index (χ2n) is 7.41. The van der Waals surface area contributed by atoms with Gasteiger partial charge in [-0.25, -0.2) is 0 Å². The lowest BCUT2D eigenvalue weighted by Crippen LogP contribution is -2.26. The molecule has 1 heterocycles. The van der Waals surface area contributed by atoms with Crippen LogP contribution in [0.3, 0.4) is 0 Å². The van der Waals surface area contributed by atoms with E-state index in [4.69, 9.17) is 9.47 Å². The molecule has 3 aromatic carbocycles. The molecule has 0 aromatic heterocycles. The van der Waals surface area contributed by atoms with Crippen molar-refractivity contribution in [2.75, 3.05) is 25.5 Å². The van der Waals surface area contributed by atoms with Crippen LogP contribution >= 0.6 is 0 Å². The van der Waals surface area contributed by atoms with Crippen LogP contribution in [0.15, 0.2) is 72.8 Å². The molecule has 1 saturated heterocycles. The van der Waals surface area contributed by atoms with Crippen LogP contribution in [0.4, 0.5) is 11.4 Å². The number of nitrogens with zero attached hydrogens (tertiary/aromatic N) is 1. The standard InChI is InChI=1S/C18H19N3O4.C7H8O/c22-12-20-15-3-6-17(21(23)24)18(11-15)25-16-4-1-13(2-5-16)14-7-9-19-10-8-14;1-8-7-5-3-2-4-6-7/h1-6,11-12,14,19H,7-10H2,(H,20,22);2-6H,1H3. The lowest BCUT2D eigenvalue weighted by molar-refractivity contribution is -0.385. The fraction of sp³-hybridized carbons (Fsp3) is 0.240. The first-order valence-corrected chi connectivity index (χ1v) is 10.7. The summed E-state index contributed by atoms with van der Waals surface area (Å²) >= 11 is 0. The minimum atomic E-state index is -0.510. The maximum Gasteiger partial charge on any atom is 0.311 e. The molecule has 0 aliphatic carbocycles. The van der Waals surface area contributed by atoms with E-state index in [9.17, 15) is 14.9 Å². The summed E-state index contributed by atoms with van der Waals surface area (Å²) in [6.45, 7) is 2.04. The maximum absolute atomic E-state index is 11.2. The summed E-state index contributed by atoms with van der Waals surface area (Å²) in [7, 11) is 1.66. The van der Waals surface area contributed by atoms with E-state index in [-0.39, 0.29) is 11.4 Å². The molecule has 2 N–H and O–H groups in total. The molecule has 8 heteroatoms. The third kappa shape index (κ3) is 7.05. The van der Waals surface area contributed by atoms with E-state index < -0.39 is 4.92 Å². The average Bonchev–Trinajstić information content (AvgIpc) is 2.86. The Morgan fingerprint density at radius 2 is 1.70 bits per heavy atom. The third-order valence-corrected chi connectivity index (χ3v) is 5.28. The van der Waals surface area contributed by atoms with Crippen LogP contribution in [0.25, 0.3) is 0 Å². The van der Waals surface area contributed by atoms with Crippen molar-refractivity contribution in [2.24, 2.45) is 0 Å². The van der Waals surface area contributed by atoms with E-state index >= 15 is 0 Å². The highest BCUT2D eigenvalue weighted by Gasteiger charge is 2.18. The molecule has 1 aliphatic heterocycles. The molecule has 0 spiro atoms. The van der Waals surface area contributed by atoms with Crippen molar-refractivity contribution < 1.29 is 19.2 Å². The molecule has 33 heavy (non-hydrogen) atoms. The summed E-state index contributed by atoms with van der Waals surface area (Å²) in [5.41, 5.74) is 1.53. The number of amides is 1. The molecule has 1 aliphatic rings. The van der Waals surface area contributed by atoms with E-state index in [1.807, 2.05) is 54.6 Å². The molecule has 8 nitrogen and oxygen atoms in total. The SMILES string of the molecule is COc1ccccc1.O=CNc1ccc([N+](=O)[O-])c(Oc2ccc(C3CCNCC3)cc2)c1. The van der Waals surface area contributed by atoms with Crippen LogP contribution in [0, 0.1) is 10.1 Å². The predicted octanol–water partition coefficient (Wildman–Crippen LogP) is 5.12. The Morgan fingerprint density at radius 1 is 1.00 bits per heavy atom. The number of carbonyl (C=O) groups is 1. The lowest BCUT2D eigenvalue weighted by atomic mass is 9.90. The van der Waals surface area contributed by atoms with Gasteiger partial charge in [0.05, 0.1) is 12.0 Å². The highest BCUT2D eigenvalue weighted by molar-refractivity contribution is 5.73. The molecule has 0 unspecified atom stereocenters. The lowest BCUT2D eigenvalue weighted by Gasteiger charge is -2.23. The normalized spacial score (nSPS) is 13.2. The maximum atomic E-state index is 11.2. The van der Waals surface area contributed by atoms with Gasteiger partial charge in [0, 0.05) is 17.8 Å². The third-order valence-electron chi connectivity index (χ3n) is 5.28. The summed E-state index contributed by atoms with van der Waals surface area (Å²) < 4.78 is 10.6. The highest BCUT2D eigenvalue weighted by atomic mass is 16.6. The molecule has 1 fully saturated rings. The molecular formula is C25H27N3O5. The zero-order valence-electron chi connectivity index (χ0n) is 18.4. The second kappa shape index (κ2) is 12.2. The highest BCUT2D eigenvalue weighted by Crippen LogP contribution is 2.34. The van der Waals surface area contributed by atoms with E-state index in [1.54, 1.807) is 7.11 Å². The summed E-state index contributed by atoms with van der Waals surface area (Å²) in [6.07, 6.45) is 2.72. The monoisotopic (exact) mass is 449 g/mol. The predicted molar refractivity (Wildman–Crippen MR) is 127 cm³/mol. The van der Waals surface area contributed by atoms with Crippen molar-refractivity contribution in [3.05, 3.63) is 88.5 Å². The van der Waals surface area contributed by atoms with Crippen LogP contribution in [0.1, 0.15) is 24.3 Å². The van der Waals surface area contributed by atoms with E-state index in [0.717, 1.165) is 31.7 Å². The minimum Gasteiger partial charge on any atom is -0.497 e. The van der Waals surface area contributed by atoms with E-state index in [0.29, 0.717) is 23.8 Å². The number of nitro benzene ring substituents is 1. The summed E-state index contributed by atoms with van der Waals surface area (Å²) in [5.74, 6) is 2.05. The second-order valence-corrected chi connectivity index (χ2v) is 7.41. The van der Waals surface area contributed by atoms with E-state index in [2.05, 4.69) is 10.6 Å². The number of para-hydroxylation sites is 1. The van der Waals surface area contributed by atoms with Gasteiger partial charge in [-0.15, -0.1) is 0 Å². The number of ether oxygens (including phenoxy) is 2. The van der Waals surface area contributed by atoms with Crippen LogP contribution in [0.2, 0.25) is 0 Å². The number of carbonyl (C=O) groups excluding carboxylic acids is 1.